The van der Waals surface area contributed by atoms with E-state index in [4.69, 9.17) is 4.74 Å². The number of methoxy groups -OCH3 is 1. The molecule has 0 saturated carbocycles. The summed E-state index contributed by atoms with van der Waals surface area (Å²) in [6.07, 6.45) is 2.24. The average Bonchev–Trinajstić information content (AvgIpc) is 2.47. The van der Waals surface area contributed by atoms with Crippen LogP contribution in [0, 0.1) is 6.92 Å². The number of rotatable bonds is 7. The first-order valence-electron chi connectivity index (χ1n) is 7.04. The maximum atomic E-state index is 5.25. The third-order valence-electron chi connectivity index (χ3n) is 3.18. The van der Waals surface area contributed by atoms with Crippen LogP contribution in [0.15, 0.2) is 42.5 Å². The lowest BCUT2D eigenvalue weighted by Crippen LogP contribution is -2.16. The standard InChI is InChI=1S/C17H22N2O/c1-14-11-17(20-2)12-16(19-14)13-18-10-6-9-15-7-4-3-5-8-15/h3-5,7-8,11-12,18H,6,9-10,13H2,1-2H3. The van der Waals surface area contributed by atoms with Crippen LogP contribution >= 0.6 is 0 Å². The van der Waals surface area contributed by atoms with Gasteiger partial charge in [0.1, 0.15) is 5.75 Å². The third-order valence-corrected chi connectivity index (χ3v) is 3.18. The zero-order valence-corrected chi connectivity index (χ0v) is 12.2. The van der Waals surface area contributed by atoms with Crippen LogP contribution in [-0.2, 0) is 13.0 Å². The summed E-state index contributed by atoms with van der Waals surface area (Å²) in [5, 5.41) is 3.43. The molecule has 1 N–H and O–H groups in total. The molecular formula is C17H22N2O. The van der Waals surface area contributed by atoms with Crippen molar-refractivity contribution in [2.75, 3.05) is 13.7 Å². The predicted octanol–water partition coefficient (Wildman–Crippen LogP) is 3.12. The lowest BCUT2D eigenvalue weighted by Gasteiger charge is -2.07. The Morgan fingerprint density at radius 2 is 1.95 bits per heavy atom. The smallest absolute Gasteiger partial charge is 0.122 e. The van der Waals surface area contributed by atoms with E-state index in [1.54, 1.807) is 7.11 Å². The molecule has 0 unspecified atom stereocenters. The second-order valence-electron chi connectivity index (χ2n) is 4.91. The SMILES string of the molecule is COc1cc(C)nc(CNCCCc2ccccc2)c1. The number of ether oxygens (including phenoxy) is 1. The molecule has 20 heavy (non-hydrogen) atoms. The summed E-state index contributed by atoms with van der Waals surface area (Å²) in [6, 6.07) is 14.5. The van der Waals surface area contributed by atoms with E-state index in [1.807, 2.05) is 19.1 Å². The van der Waals surface area contributed by atoms with Crippen molar-refractivity contribution in [1.29, 1.82) is 0 Å². The van der Waals surface area contributed by atoms with Crippen molar-refractivity contribution >= 4 is 0 Å². The minimum Gasteiger partial charge on any atom is -0.497 e. The summed E-state index contributed by atoms with van der Waals surface area (Å²) < 4.78 is 5.25. The van der Waals surface area contributed by atoms with Crippen LogP contribution in [0.2, 0.25) is 0 Å². The Morgan fingerprint density at radius 1 is 1.15 bits per heavy atom. The Labute approximate surface area is 121 Å². The van der Waals surface area contributed by atoms with Crippen molar-refractivity contribution in [2.45, 2.75) is 26.3 Å². The van der Waals surface area contributed by atoms with Crippen LogP contribution in [0.1, 0.15) is 23.4 Å². The van der Waals surface area contributed by atoms with Crippen molar-refractivity contribution in [3.63, 3.8) is 0 Å². The summed E-state index contributed by atoms with van der Waals surface area (Å²) in [5.74, 6) is 0.874. The first-order valence-corrected chi connectivity index (χ1v) is 7.04. The molecule has 0 aliphatic carbocycles. The van der Waals surface area contributed by atoms with E-state index in [9.17, 15) is 0 Å². The highest BCUT2D eigenvalue weighted by molar-refractivity contribution is 5.26. The Morgan fingerprint density at radius 3 is 2.70 bits per heavy atom. The number of benzene rings is 1. The molecular weight excluding hydrogens is 248 g/mol. The maximum Gasteiger partial charge on any atom is 0.122 e. The van der Waals surface area contributed by atoms with Gasteiger partial charge in [0.25, 0.3) is 0 Å². The molecule has 0 saturated heterocycles. The fourth-order valence-electron chi connectivity index (χ4n) is 2.19. The molecule has 0 amide bonds. The molecule has 0 aliphatic heterocycles. The summed E-state index contributed by atoms with van der Waals surface area (Å²) >= 11 is 0. The molecule has 0 radical (unpaired) electrons. The van der Waals surface area contributed by atoms with Gasteiger partial charge in [-0.2, -0.15) is 0 Å². The monoisotopic (exact) mass is 270 g/mol. The first-order chi connectivity index (χ1) is 9.78. The van der Waals surface area contributed by atoms with Crippen LogP contribution in [-0.4, -0.2) is 18.6 Å². The van der Waals surface area contributed by atoms with E-state index in [-0.39, 0.29) is 0 Å². The van der Waals surface area contributed by atoms with Crippen molar-refractivity contribution in [2.24, 2.45) is 0 Å². The summed E-state index contributed by atoms with van der Waals surface area (Å²) in [6.45, 7) is 3.76. The molecule has 0 spiro atoms. The highest BCUT2D eigenvalue weighted by Gasteiger charge is 2.00. The zero-order valence-electron chi connectivity index (χ0n) is 12.2. The number of aromatic nitrogens is 1. The molecule has 2 aromatic rings. The lowest BCUT2D eigenvalue weighted by molar-refractivity contribution is 0.412. The predicted molar refractivity (Wildman–Crippen MR) is 82.0 cm³/mol. The number of hydrogen-bond donors (Lipinski definition) is 1. The second-order valence-corrected chi connectivity index (χ2v) is 4.91. The molecule has 1 aromatic heterocycles. The van der Waals surface area contributed by atoms with Gasteiger partial charge in [-0.25, -0.2) is 0 Å². The largest absolute Gasteiger partial charge is 0.497 e. The van der Waals surface area contributed by atoms with Crippen LogP contribution < -0.4 is 10.1 Å². The Balaban J connectivity index is 1.72. The average molecular weight is 270 g/mol. The normalized spacial score (nSPS) is 10.5. The minimum absolute atomic E-state index is 0.785. The molecule has 0 atom stereocenters. The van der Waals surface area contributed by atoms with E-state index in [2.05, 4.69) is 40.6 Å². The van der Waals surface area contributed by atoms with Gasteiger partial charge in [0.15, 0.2) is 0 Å². The Kier molecular flexibility index (Phi) is 5.56. The minimum atomic E-state index is 0.785. The van der Waals surface area contributed by atoms with Gasteiger partial charge >= 0.3 is 0 Å². The quantitative estimate of drug-likeness (QED) is 0.785. The van der Waals surface area contributed by atoms with Crippen LogP contribution in [0.5, 0.6) is 5.75 Å². The number of nitrogens with one attached hydrogen (secondary N) is 1. The number of aryl methyl sites for hydroxylation is 2. The highest BCUT2D eigenvalue weighted by Crippen LogP contribution is 2.13. The summed E-state index contributed by atoms with van der Waals surface area (Å²) in [7, 11) is 1.69. The molecule has 1 aromatic carbocycles. The molecule has 0 aliphatic rings. The van der Waals surface area contributed by atoms with Crippen molar-refractivity contribution < 1.29 is 4.74 Å². The van der Waals surface area contributed by atoms with Gasteiger partial charge in [0, 0.05) is 24.4 Å². The van der Waals surface area contributed by atoms with Gasteiger partial charge in [0.2, 0.25) is 0 Å². The number of hydrogen-bond acceptors (Lipinski definition) is 3. The number of nitrogens with zero attached hydrogens (tertiary/aromatic N) is 1. The topological polar surface area (TPSA) is 34.1 Å². The molecule has 0 fully saturated rings. The van der Waals surface area contributed by atoms with Gasteiger partial charge in [-0.1, -0.05) is 30.3 Å². The van der Waals surface area contributed by atoms with Gasteiger partial charge < -0.3 is 10.1 Å². The van der Waals surface area contributed by atoms with Crippen LogP contribution in [0.4, 0.5) is 0 Å². The Bertz CT molecular complexity index is 526. The van der Waals surface area contributed by atoms with Gasteiger partial charge in [-0.05, 0) is 31.9 Å². The summed E-state index contributed by atoms with van der Waals surface area (Å²) in [4.78, 5) is 4.50. The van der Waals surface area contributed by atoms with E-state index in [0.29, 0.717) is 0 Å². The zero-order chi connectivity index (χ0) is 14.2. The maximum absolute atomic E-state index is 5.25. The van der Waals surface area contributed by atoms with E-state index in [0.717, 1.165) is 43.1 Å². The second kappa shape index (κ2) is 7.65. The third kappa shape index (κ3) is 4.67. The fraction of sp³-hybridized carbons (Fsp3) is 0.353. The van der Waals surface area contributed by atoms with Gasteiger partial charge in [-0.15, -0.1) is 0 Å². The van der Waals surface area contributed by atoms with Crippen molar-refractivity contribution in [1.82, 2.24) is 10.3 Å². The van der Waals surface area contributed by atoms with Crippen molar-refractivity contribution in [3.05, 3.63) is 59.4 Å². The van der Waals surface area contributed by atoms with Crippen molar-refractivity contribution in [3.8, 4) is 5.75 Å². The summed E-state index contributed by atoms with van der Waals surface area (Å²) in [5.41, 5.74) is 3.41. The molecule has 3 heteroatoms. The Hall–Kier alpha value is -1.87. The van der Waals surface area contributed by atoms with E-state index < -0.39 is 0 Å². The van der Waals surface area contributed by atoms with Gasteiger partial charge in [-0.3, -0.25) is 4.98 Å². The van der Waals surface area contributed by atoms with Gasteiger partial charge in [0.05, 0.1) is 12.8 Å². The molecule has 106 valence electrons. The van der Waals surface area contributed by atoms with Crippen LogP contribution in [0.3, 0.4) is 0 Å². The molecule has 2 rings (SSSR count). The highest BCUT2D eigenvalue weighted by atomic mass is 16.5. The van der Waals surface area contributed by atoms with Crippen LogP contribution in [0.25, 0.3) is 0 Å². The molecule has 0 bridgehead atoms. The lowest BCUT2D eigenvalue weighted by atomic mass is 10.1. The van der Waals surface area contributed by atoms with E-state index in [1.165, 1.54) is 5.56 Å². The fourth-order valence-corrected chi connectivity index (χ4v) is 2.19. The van der Waals surface area contributed by atoms with E-state index >= 15 is 0 Å². The first kappa shape index (κ1) is 14.5. The molecule has 1 heterocycles. The molecule has 3 nitrogen and oxygen atoms in total. The number of pyridine rings is 1.